The van der Waals surface area contributed by atoms with Crippen LogP contribution in [-0.4, -0.2) is 54.9 Å². The first kappa shape index (κ1) is 9.44. The molecule has 0 spiro atoms. The van der Waals surface area contributed by atoms with Gasteiger partial charge in [-0.05, 0) is 0 Å². The van der Waals surface area contributed by atoms with Gasteiger partial charge >= 0.3 is 5.97 Å². The van der Waals surface area contributed by atoms with Crippen LogP contribution in [-0.2, 0) is 9.53 Å². The van der Waals surface area contributed by atoms with Gasteiger partial charge in [-0.15, -0.1) is 0 Å². The Labute approximate surface area is 71.1 Å². The Hall–Kier alpha value is -0.650. The molecule has 0 aromatic heterocycles. The fourth-order valence-electron chi connectivity index (χ4n) is 1.30. The number of rotatable bonds is 3. The van der Waals surface area contributed by atoms with Gasteiger partial charge in [0.2, 0.25) is 0 Å². The van der Waals surface area contributed by atoms with E-state index in [2.05, 4.69) is 0 Å². The molecule has 0 aromatic carbocycles. The van der Waals surface area contributed by atoms with Crippen molar-refractivity contribution in [1.82, 2.24) is 4.90 Å². The number of aliphatic carboxylic acids is 1. The molecule has 1 aliphatic heterocycles. The van der Waals surface area contributed by atoms with Gasteiger partial charge in [0, 0.05) is 19.6 Å². The van der Waals surface area contributed by atoms with Crippen molar-refractivity contribution in [3.05, 3.63) is 0 Å². The van der Waals surface area contributed by atoms with E-state index in [9.17, 15) is 4.79 Å². The molecule has 1 unspecified atom stereocenters. The first-order chi connectivity index (χ1) is 5.75. The minimum absolute atomic E-state index is 0.273. The second-order valence-corrected chi connectivity index (χ2v) is 2.75. The fraction of sp³-hybridized carbons (Fsp3) is 0.857. The highest BCUT2D eigenvalue weighted by Crippen LogP contribution is 2.05. The zero-order chi connectivity index (χ0) is 8.97. The lowest BCUT2D eigenvalue weighted by atomic mass is 10.2. The third kappa shape index (κ3) is 2.17. The van der Waals surface area contributed by atoms with Crippen molar-refractivity contribution in [2.75, 3.05) is 32.8 Å². The summed E-state index contributed by atoms with van der Waals surface area (Å²) in [6, 6.07) is -0.512. The number of ether oxygens (including phenoxy) is 1. The van der Waals surface area contributed by atoms with Gasteiger partial charge in [-0.3, -0.25) is 9.69 Å². The number of carbonyl (C=O) groups is 1. The van der Waals surface area contributed by atoms with E-state index in [1.165, 1.54) is 0 Å². The van der Waals surface area contributed by atoms with Crippen LogP contribution in [0.5, 0.6) is 0 Å². The molecule has 0 aromatic rings. The summed E-state index contributed by atoms with van der Waals surface area (Å²) in [5.74, 6) is -0.830. The molecule has 1 heterocycles. The number of carboxylic acids is 1. The number of hydrogen-bond acceptors (Lipinski definition) is 4. The highest BCUT2D eigenvalue weighted by molar-refractivity contribution is 5.73. The molecular weight excluding hydrogens is 160 g/mol. The van der Waals surface area contributed by atoms with Gasteiger partial charge in [0.25, 0.3) is 0 Å². The van der Waals surface area contributed by atoms with Gasteiger partial charge in [0.1, 0.15) is 6.04 Å². The lowest BCUT2D eigenvalue weighted by molar-refractivity contribution is -0.149. The summed E-state index contributed by atoms with van der Waals surface area (Å²) in [6.45, 7) is 2.65. The summed E-state index contributed by atoms with van der Waals surface area (Å²) < 4.78 is 5.06. The zero-order valence-electron chi connectivity index (χ0n) is 6.90. The second kappa shape index (κ2) is 4.39. The van der Waals surface area contributed by atoms with Crippen LogP contribution in [0.15, 0.2) is 0 Å². The average Bonchev–Trinajstić information content (AvgIpc) is 2.05. The van der Waals surface area contributed by atoms with Crippen molar-refractivity contribution in [1.29, 1.82) is 0 Å². The molecule has 5 heteroatoms. The summed E-state index contributed by atoms with van der Waals surface area (Å²) in [6.07, 6.45) is 0. The number of morpholine rings is 1. The van der Waals surface area contributed by atoms with E-state index in [-0.39, 0.29) is 6.61 Å². The van der Waals surface area contributed by atoms with Gasteiger partial charge < -0.3 is 15.6 Å². The lowest BCUT2D eigenvalue weighted by Crippen LogP contribution is -2.51. The Morgan fingerprint density at radius 1 is 1.75 bits per heavy atom. The maximum absolute atomic E-state index is 10.7. The second-order valence-electron chi connectivity index (χ2n) is 2.75. The Morgan fingerprint density at radius 2 is 2.50 bits per heavy atom. The first-order valence-electron chi connectivity index (χ1n) is 4.00. The first-order valence-corrected chi connectivity index (χ1v) is 4.00. The molecule has 0 aliphatic carbocycles. The van der Waals surface area contributed by atoms with E-state index in [4.69, 9.17) is 15.6 Å². The van der Waals surface area contributed by atoms with Gasteiger partial charge in [-0.25, -0.2) is 0 Å². The number of nitrogens with two attached hydrogens (primary N) is 1. The summed E-state index contributed by atoms with van der Waals surface area (Å²) in [5.41, 5.74) is 5.35. The van der Waals surface area contributed by atoms with Crippen LogP contribution in [0.3, 0.4) is 0 Å². The zero-order valence-corrected chi connectivity index (χ0v) is 6.90. The maximum Gasteiger partial charge on any atom is 0.323 e. The molecule has 3 N–H and O–H groups in total. The lowest BCUT2D eigenvalue weighted by Gasteiger charge is -2.32. The Balaban J connectivity index is 2.48. The highest BCUT2D eigenvalue weighted by atomic mass is 16.5. The van der Waals surface area contributed by atoms with E-state index in [0.717, 1.165) is 0 Å². The van der Waals surface area contributed by atoms with Crippen molar-refractivity contribution in [2.24, 2.45) is 5.73 Å². The van der Waals surface area contributed by atoms with Crippen LogP contribution in [0.1, 0.15) is 0 Å². The monoisotopic (exact) mass is 174 g/mol. The highest BCUT2D eigenvalue weighted by Gasteiger charge is 2.28. The minimum atomic E-state index is -0.830. The normalized spacial score (nSPS) is 25.6. The smallest absolute Gasteiger partial charge is 0.323 e. The Morgan fingerprint density at radius 3 is 3.08 bits per heavy atom. The molecule has 1 saturated heterocycles. The molecule has 1 fully saturated rings. The van der Waals surface area contributed by atoms with Crippen LogP contribution in [0.2, 0.25) is 0 Å². The van der Waals surface area contributed by atoms with Crippen molar-refractivity contribution < 1.29 is 14.6 Å². The Bertz CT molecular complexity index is 161. The summed E-state index contributed by atoms with van der Waals surface area (Å²) >= 11 is 0. The summed E-state index contributed by atoms with van der Waals surface area (Å²) in [4.78, 5) is 12.5. The molecule has 0 radical (unpaired) electrons. The van der Waals surface area contributed by atoms with Crippen molar-refractivity contribution >= 4 is 5.97 Å². The van der Waals surface area contributed by atoms with Crippen molar-refractivity contribution in [2.45, 2.75) is 6.04 Å². The molecule has 70 valence electrons. The quantitative estimate of drug-likeness (QED) is 0.558. The molecule has 1 rings (SSSR count). The number of hydrogen-bond donors (Lipinski definition) is 2. The molecule has 1 atom stereocenters. The molecule has 0 saturated carbocycles. The summed E-state index contributed by atoms with van der Waals surface area (Å²) in [7, 11) is 0. The maximum atomic E-state index is 10.7. The predicted octanol–water partition coefficient (Wildman–Crippen LogP) is -1.27. The van der Waals surface area contributed by atoms with Gasteiger partial charge in [-0.1, -0.05) is 0 Å². The number of carboxylic acid groups (broad SMARTS) is 1. The van der Waals surface area contributed by atoms with Crippen molar-refractivity contribution in [3.63, 3.8) is 0 Å². The average molecular weight is 174 g/mol. The Kier molecular flexibility index (Phi) is 3.46. The molecule has 0 amide bonds. The van der Waals surface area contributed by atoms with E-state index in [1.807, 2.05) is 4.90 Å². The topological polar surface area (TPSA) is 75.8 Å². The van der Waals surface area contributed by atoms with Crippen LogP contribution in [0.4, 0.5) is 0 Å². The van der Waals surface area contributed by atoms with E-state index in [0.29, 0.717) is 26.2 Å². The van der Waals surface area contributed by atoms with E-state index in [1.54, 1.807) is 0 Å². The van der Waals surface area contributed by atoms with Gasteiger partial charge in [0.15, 0.2) is 0 Å². The van der Waals surface area contributed by atoms with E-state index < -0.39 is 12.0 Å². The standard InChI is InChI=1S/C7H14N2O3/c8-1-2-9-3-4-12-5-6(9)7(10)11/h6H,1-5,8H2,(H,10,11). The molecule has 12 heavy (non-hydrogen) atoms. The molecule has 0 bridgehead atoms. The van der Waals surface area contributed by atoms with Gasteiger partial charge in [-0.2, -0.15) is 0 Å². The predicted molar refractivity (Wildman–Crippen MR) is 42.9 cm³/mol. The van der Waals surface area contributed by atoms with Crippen LogP contribution < -0.4 is 5.73 Å². The number of nitrogens with zero attached hydrogens (tertiary/aromatic N) is 1. The summed E-state index contributed by atoms with van der Waals surface area (Å²) in [5, 5.41) is 8.77. The molecule has 1 aliphatic rings. The fourth-order valence-corrected chi connectivity index (χ4v) is 1.30. The largest absolute Gasteiger partial charge is 0.480 e. The van der Waals surface area contributed by atoms with Crippen LogP contribution in [0.25, 0.3) is 0 Å². The third-order valence-electron chi connectivity index (χ3n) is 1.94. The third-order valence-corrected chi connectivity index (χ3v) is 1.94. The van der Waals surface area contributed by atoms with Gasteiger partial charge in [0.05, 0.1) is 13.2 Å². The van der Waals surface area contributed by atoms with E-state index >= 15 is 0 Å². The minimum Gasteiger partial charge on any atom is -0.480 e. The van der Waals surface area contributed by atoms with Crippen LogP contribution >= 0.6 is 0 Å². The SMILES string of the molecule is NCCN1CCOCC1C(=O)O. The molecular formula is C7H14N2O3. The van der Waals surface area contributed by atoms with Crippen molar-refractivity contribution in [3.8, 4) is 0 Å². The molecule has 5 nitrogen and oxygen atoms in total. The van der Waals surface area contributed by atoms with Crippen LogP contribution in [0, 0.1) is 0 Å².